The fourth-order valence-corrected chi connectivity index (χ4v) is 5.17. The first kappa shape index (κ1) is 21.9. The molecule has 7 nitrogen and oxygen atoms in total. The first-order valence-corrected chi connectivity index (χ1v) is 11.9. The summed E-state index contributed by atoms with van der Waals surface area (Å²) in [5.41, 5.74) is 1.24. The fourth-order valence-electron chi connectivity index (χ4n) is 5.17. The average molecular weight is 429 g/mol. The monoisotopic (exact) mass is 428 g/mol. The van der Waals surface area contributed by atoms with Crippen molar-refractivity contribution < 1.29 is 14.0 Å². The Morgan fingerprint density at radius 2 is 1.94 bits per heavy atom. The minimum Gasteiger partial charge on any atom is -0.463 e. The van der Waals surface area contributed by atoms with Gasteiger partial charge in [0.2, 0.25) is 5.91 Å². The van der Waals surface area contributed by atoms with Gasteiger partial charge in [-0.05, 0) is 32.9 Å². The summed E-state index contributed by atoms with van der Waals surface area (Å²) in [6, 6.07) is 3.89. The number of rotatable bonds is 7. The first-order valence-electron chi connectivity index (χ1n) is 11.9. The summed E-state index contributed by atoms with van der Waals surface area (Å²) >= 11 is 0. The number of carbonyl (C=O) groups excluding carboxylic acids is 2. The number of likely N-dealkylation sites (N-methyl/N-ethyl adjacent to an activating group) is 1. The van der Waals surface area contributed by atoms with Crippen LogP contribution in [0.3, 0.4) is 0 Å². The van der Waals surface area contributed by atoms with Crippen molar-refractivity contribution in [1.29, 1.82) is 0 Å². The van der Waals surface area contributed by atoms with E-state index in [9.17, 15) is 9.59 Å². The van der Waals surface area contributed by atoms with Gasteiger partial charge in [-0.25, -0.2) is 0 Å². The van der Waals surface area contributed by atoms with Crippen LogP contribution in [0.1, 0.15) is 69.8 Å². The number of furan rings is 1. The second-order valence-corrected chi connectivity index (χ2v) is 9.21. The molecule has 1 atom stereocenters. The average Bonchev–Trinajstić information content (AvgIpc) is 3.25. The van der Waals surface area contributed by atoms with Crippen LogP contribution in [0.25, 0.3) is 11.1 Å². The number of hydrogen-bond acceptors (Lipinski definition) is 4. The minimum absolute atomic E-state index is 0.0386. The maximum absolute atomic E-state index is 13.7. The molecule has 0 saturated heterocycles. The third kappa shape index (κ3) is 4.12. The predicted octanol–water partition coefficient (Wildman–Crippen LogP) is 3.63. The van der Waals surface area contributed by atoms with E-state index < -0.39 is 5.54 Å². The Bertz CT molecular complexity index is 921. The lowest BCUT2D eigenvalue weighted by molar-refractivity contribution is -0.133. The number of nitrogens with zero attached hydrogens (tertiary/aromatic N) is 3. The van der Waals surface area contributed by atoms with E-state index in [0.717, 1.165) is 50.8 Å². The second kappa shape index (κ2) is 9.07. The third-order valence-corrected chi connectivity index (χ3v) is 7.26. The van der Waals surface area contributed by atoms with Gasteiger partial charge in [-0.15, -0.1) is 0 Å². The summed E-state index contributed by atoms with van der Waals surface area (Å²) in [5.74, 6) is -0.133. The van der Waals surface area contributed by atoms with Crippen LogP contribution in [-0.4, -0.2) is 63.9 Å². The van der Waals surface area contributed by atoms with Crippen LogP contribution >= 0.6 is 0 Å². The number of hydrogen-bond donors (Lipinski definition) is 1. The molecule has 2 aliphatic rings. The topological polar surface area (TPSA) is 70.7 Å². The normalized spacial score (nSPS) is 22.7. The molecule has 1 unspecified atom stereocenters. The number of nitrogens with one attached hydrogen (secondary N) is 1. The van der Waals surface area contributed by atoms with Crippen molar-refractivity contribution in [2.45, 2.75) is 77.4 Å². The molecule has 2 aromatic rings. The summed E-state index contributed by atoms with van der Waals surface area (Å²) < 4.78 is 7.51. The van der Waals surface area contributed by atoms with E-state index in [2.05, 4.69) is 24.1 Å². The minimum atomic E-state index is -0.938. The van der Waals surface area contributed by atoms with Crippen molar-refractivity contribution in [2.24, 2.45) is 0 Å². The molecule has 31 heavy (non-hydrogen) atoms. The van der Waals surface area contributed by atoms with Gasteiger partial charge in [0.05, 0.1) is 18.3 Å². The van der Waals surface area contributed by atoms with Gasteiger partial charge in [-0.1, -0.05) is 39.5 Å². The van der Waals surface area contributed by atoms with E-state index >= 15 is 0 Å². The van der Waals surface area contributed by atoms with Crippen molar-refractivity contribution in [1.82, 2.24) is 19.7 Å². The Labute approximate surface area is 184 Å². The Balaban J connectivity index is 1.64. The molecule has 0 aromatic carbocycles. The first-order chi connectivity index (χ1) is 15.0. The van der Waals surface area contributed by atoms with E-state index in [1.807, 2.05) is 23.6 Å². The maximum Gasteiger partial charge on any atom is 0.271 e. The molecule has 170 valence electrons. The lowest BCUT2D eigenvalue weighted by Gasteiger charge is -2.45. The van der Waals surface area contributed by atoms with Crippen molar-refractivity contribution in [3.63, 3.8) is 0 Å². The van der Waals surface area contributed by atoms with E-state index in [1.54, 1.807) is 11.2 Å². The summed E-state index contributed by atoms with van der Waals surface area (Å²) in [6.45, 7) is 9.74. The van der Waals surface area contributed by atoms with E-state index in [0.29, 0.717) is 24.4 Å². The molecule has 3 heterocycles. The second-order valence-electron chi connectivity index (χ2n) is 9.21. The molecule has 1 fully saturated rings. The molecule has 1 aliphatic carbocycles. The molecule has 0 spiro atoms. The molecule has 2 aromatic heterocycles. The number of fused-ring (bicyclic) bond motifs is 3. The van der Waals surface area contributed by atoms with Crippen molar-refractivity contribution in [3.8, 4) is 0 Å². The summed E-state index contributed by atoms with van der Waals surface area (Å²) in [5, 5.41) is 3.32. The molecular weight excluding hydrogens is 392 g/mol. The van der Waals surface area contributed by atoms with Crippen LogP contribution in [0, 0.1) is 0 Å². The van der Waals surface area contributed by atoms with Crippen LogP contribution in [-0.2, 0) is 11.3 Å². The highest BCUT2D eigenvalue weighted by molar-refractivity contribution is 6.02. The molecule has 2 amide bonds. The lowest BCUT2D eigenvalue weighted by Crippen LogP contribution is -2.65. The molecule has 1 saturated carbocycles. The number of aromatic nitrogens is 1. The highest BCUT2D eigenvalue weighted by Gasteiger charge is 2.48. The zero-order valence-electron chi connectivity index (χ0n) is 19.2. The summed E-state index contributed by atoms with van der Waals surface area (Å²) in [7, 11) is 0. The summed E-state index contributed by atoms with van der Waals surface area (Å²) in [6.07, 6.45) is 8.48. The Morgan fingerprint density at radius 3 is 2.61 bits per heavy atom. The molecule has 1 aliphatic heterocycles. The van der Waals surface area contributed by atoms with Gasteiger partial charge >= 0.3 is 0 Å². The van der Waals surface area contributed by atoms with E-state index in [-0.39, 0.29) is 17.9 Å². The lowest BCUT2D eigenvalue weighted by atomic mass is 9.93. The molecule has 7 heteroatoms. The highest BCUT2D eigenvalue weighted by Crippen LogP contribution is 2.33. The van der Waals surface area contributed by atoms with Gasteiger partial charge in [0, 0.05) is 31.3 Å². The van der Waals surface area contributed by atoms with Gasteiger partial charge in [0.15, 0.2) is 5.58 Å². The number of amides is 2. The van der Waals surface area contributed by atoms with Crippen molar-refractivity contribution in [3.05, 3.63) is 24.1 Å². The van der Waals surface area contributed by atoms with Crippen LogP contribution in [0.2, 0.25) is 0 Å². The van der Waals surface area contributed by atoms with E-state index in [4.69, 9.17) is 4.42 Å². The zero-order chi connectivity index (χ0) is 22.0. The Hall–Kier alpha value is -2.28. The van der Waals surface area contributed by atoms with Crippen LogP contribution in [0.5, 0.6) is 0 Å². The Kier molecular flexibility index (Phi) is 6.42. The van der Waals surface area contributed by atoms with Gasteiger partial charge in [-0.2, -0.15) is 0 Å². The van der Waals surface area contributed by atoms with Crippen LogP contribution < -0.4 is 5.32 Å². The highest BCUT2D eigenvalue weighted by atomic mass is 16.3. The molecule has 0 radical (unpaired) electrons. The van der Waals surface area contributed by atoms with Gasteiger partial charge in [-0.3, -0.25) is 9.59 Å². The predicted molar refractivity (Wildman–Crippen MR) is 121 cm³/mol. The van der Waals surface area contributed by atoms with Crippen molar-refractivity contribution >= 4 is 22.9 Å². The standard InChI is InChI=1S/C24H36N4O3/c1-4-26(5-2)13-14-28-22(29)20-16-21-19(12-15-31-21)27(20)17-24(28,3)23(30)25-18-10-8-6-7-9-11-18/h12,15-16,18H,4-11,13-14,17H2,1-3H3,(H,25,30). The van der Waals surface area contributed by atoms with Crippen molar-refractivity contribution in [2.75, 3.05) is 26.2 Å². The molecule has 0 bridgehead atoms. The zero-order valence-corrected chi connectivity index (χ0v) is 19.2. The van der Waals surface area contributed by atoms with Gasteiger partial charge < -0.3 is 24.1 Å². The van der Waals surface area contributed by atoms with Crippen LogP contribution in [0.15, 0.2) is 22.8 Å². The summed E-state index contributed by atoms with van der Waals surface area (Å²) in [4.78, 5) is 31.4. The van der Waals surface area contributed by atoms with E-state index in [1.165, 1.54) is 12.8 Å². The fraction of sp³-hybridized carbons (Fsp3) is 0.667. The SMILES string of the molecule is CCN(CC)CCN1C(=O)c2cc3occc3n2CC1(C)C(=O)NC1CCCCCC1. The molecule has 4 rings (SSSR count). The third-order valence-electron chi connectivity index (χ3n) is 7.26. The maximum atomic E-state index is 13.7. The Morgan fingerprint density at radius 1 is 1.23 bits per heavy atom. The molecule has 1 N–H and O–H groups in total. The van der Waals surface area contributed by atoms with Crippen LogP contribution in [0.4, 0.5) is 0 Å². The molecular formula is C24H36N4O3. The quantitative estimate of drug-likeness (QED) is 0.684. The largest absolute Gasteiger partial charge is 0.463 e. The van der Waals surface area contributed by atoms with Gasteiger partial charge in [0.25, 0.3) is 5.91 Å². The smallest absolute Gasteiger partial charge is 0.271 e. The number of carbonyl (C=O) groups is 2. The van der Waals surface area contributed by atoms with Gasteiger partial charge in [0.1, 0.15) is 11.2 Å².